The van der Waals surface area contributed by atoms with Gasteiger partial charge < -0.3 is 9.67 Å². The Balaban J connectivity index is 2.84. The van der Waals surface area contributed by atoms with E-state index in [-0.39, 0.29) is 5.39 Å². The number of fused-ring (bicyclic) bond motifs is 1. The molecule has 1 atom stereocenters. The summed E-state index contributed by atoms with van der Waals surface area (Å²) in [5.41, 5.74) is -4.00. The first-order chi connectivity index (χ1) is 9.10. The maximum atomic E-state index is 12.9. The highest BCUT2D eigenvalue weighted by atomic mass is 19.4. The third-order valence-electron chi connectivity index (χ3n) is 3.36. The predicted octanol–water partition coefficient (Wildman–Crippen LogP) is 3.50. The van der Waals surface area contributed by atoms with E-state index < -0.39 is 23.8 Å². The fourth-order valence-electron chi connectivity index (χ4n) is 2.37. The van der Waals surface area contributed by atoms with E-state index in [0.717, 1.165) is 6.20 Å². The number of hydrogen-bond acceptors (Lipinski definition) is 1. The summed E-state index contributed by atoms with van der Waals surface area (Å²) < 4.78 is 66.0. The minimum atomic E-state index is -5.47. The molecule has 2 nitrogen and oxygen atoms in total. The summed E-state index contributed by atoms with van der Waals surface area (Å²) in [6, 6.07) is 4.40. The predicted molar refractivity (Wildman–Crippen MR) is 63.6 cm³/mol. The van der Waals surface area contributed by atoms with Gasteiger partial charge in [0, 0.05) is 24.2 Å². The summed E-state index contributed by atoms with van der Waals surface area (Å²) in [5, 5.41) is 9.58. The largest absolute Gasteiger partial charge is 0.427 e. The van der Waals surface area contributed by atoms with Crippen LogP contribution in [0.4, 0.5) is 22.0 Å². The van der Waals surface area contributed by atoms with Gasteiger partial charge in [-0.3, -0.25) is 0 Å². The second kappa shape index (κ2) is 4.44. The molecule has 1 N–H and O–H groups in total. The Morgan fingerprint density at radius 1 is 1.20 bits per heavy atom. The molecular weight excluding hydrogens is 281 g/mol. The van der Waals surface area contributed by atoms with Gasteiger partial charge >= 0.3 is 6.18 Å². The third kappa shape index (κ3) is 1.88. The van der Waals surface area contributed by atoms with Gasteiger partial charge in [-0.2, -0.15) is 13.2 Å². The van der Waals surface area contributed by atoms with Gasteiger partial charge in [0.25, 0.3) is 6.43 Å². The highest BCUT2D eigenvalue weighted by molar-refractivity contribution is 5.87. The van der Waals surface area contributed by atoms with E-state index in [0.29, 0.717) is 11.1 Å². The number of para-hydroxylation sites is 1. The van der Waals surface area contributed by atoms with Crippen LogP contribution in [0.25, 0.3) is 10.9 Å². The summed E-state index contributed by atoms with van der Waals surface area (Å²) in [7, 11) is 1.45. The van der Waals surface area contributed by atoms with Gasteiger partial charge in [-0.25, -0.2) is 8.78 Å². The zero-order valence-corrected chi connectivity index (χ0v) is 10.7. The molecule has 0 saturated heterocycles. The van der Waals surface area contributed by atoms with Crippen molar-refractivity contribution in [3.05, 3.63) is 35.5 Å². The van der Waals surface area contributed by atoms with Crippen molar-refractivity contribution >= 4 is 10.9 Å². The SMILES string of the molecule is Cc1cccc2c(C(O)(C(F)F)C(F)(F)F)cn(C)c12. The van der Waals surface area contributed by atoms with E-state index in [1.807, 2.05) is 0 Å². The molecule has 7 heteroatoms. The molecule has 110 valence electrons. The summed E-state index contributed by atoms with van der Waals surface area (Å²) >= 11 is 0. The Labute approximate surface area is 111 Å². The standard InChI is InChI=1S/C13H12F5NO/c1-7-4-3-5-8-9(6-19(2)10(7)8)12(20,11(14)15)13(16,17)18/h3-6,11,20H,1-2H3. The van der Waals surface area contributed by atoms with Crippen molar-refractivity contribution in [2.45, 2.75) is 25.1 Å². The highest BCUT2D eigenvalue weighted by Crippen LogP contribution is 2.46. The minimum Gasteiger partial charge on any atom is -0.372 e. The van der Waals surface area contributed by atoms with Crippen LogP contribution in [0.1, 0.15) is 11.1 Å². The fraction of sp³-hybridized carbons (Fsp3) is 0.385. The molecular formula is C13H12F5NO. The van der Waals surface area contributed by atoms with E-state index in [4.69, 9.17) is 0 Å². The lowest BCUT2D eigenvalue weighted by atomic mass is 9.92. The molecule has 2 rings (SSSR count). The fourth-order valence-corrected chi connectivity index (χ4v) is 2.37. The van der Waals surface area contributed by atoms with Crippen LogP contribution < -0.4 is 0 Å². The first-order valence-electron chi connectivity index (χ1n) is 5.73. The maximum Gasteiger partial charge on any atom is 0.427 e. The van der Waals surface area contributed by atoms with Crippen molar-refractivity contribution in [3.63, 3.8) is 0 Å². The van der Waals surface area contributed by atoms with Crippen LogP contribution in [0.15, 0.2) is 24.4 Å². The van der Waals surface area contributed by atoms with Crippen molar-refractivity contribution in [2.24, 2.45) is 7.05 Å². The van der Waals surface area contributed by atoms with Gasteiger partial charge in [0.05, 0.1) is 5.52 Å². The number of rotatable bonds is 2. The third-order valence-corrected chi connectivity index (χ3v) is 3.36. The average Bonchev–Trinajstić information content (AvgIpc) is 2.65. The lowest BCUT2D eigenvalue weighted by Crippen LogP contribution is -2.48. The minimum absolute atomic E-state index is 0.0346. The number of benzene rings is 1. The maximum absolute atomic E-state index is 12.9. The number of alkyl halides is 5. The van der Waals surface area contributed by atoms with E-state index in [2.05, 4.69) is 0 Å². The van der Waals surface area contributed by atoms with E-state index >= 15 is 0 Å². The molecule has 0 bridgehead atoms. The molecule has 0 radical (unpaired) electrons. The molecule has 0 amide bonds. The summed E-state index contributed by atoms with van der Waals surface area (Å²) in [4.78, 5) is 0. The van der Waals surface area contributed by atoms with E-state index in [1.54, 1.807) is 13.0 Å². The molecule has 1 aromatic heterocycles. The molecule has 0 spiro atoms. The van der Waals surface area contributed by atoms with Crippen molar-refractivity contribution in [2.75, 3.05) is 0 Å². The van der Waals surface area contributed by atoms with Gasteiger partial charge in [-0.1, -0.05) is 18.2 Å². The Morgan fingerprint density at radius 3 is 2.30 bits per heavy atom. The van der Waals surface area contributed by atoms with Gasteiger partial charge in [0.15, 0.2) is 0 Å². The molecule has 20 heavy (non-hydrogen) atoms. The lowest BCUT2D eigenvalue weighted by molar-refractivity contribution is -0.305. The van der Waals surface area contributed by atoms with Crippen LogP contribution in [0.5, 0.6) is 0 Å². The molecule has 1 heterocycles. The number of aromatic nitrogens is 1. The van der Waals surface area contributed by atoms with Crippen LogP contribution in [0.3, 0.4) is 0 Å². The van der Waals surface area contributed by atoms with Gasteiger partial charge in [0.1, 0.15) is 0 Å². The lowest BCUT2D eigenvalue weighted by Gasteiger charge is -2.29. The van der Waals surface area contributed by atoms with Crippen LogP contribution in [-0.4, -0.2) is 22.3 Å². The number of halogens is 5. The average molecular weight is 293 g/mol. The number of nitrogens with zero attached hydrogens (tertiary/aromatic N) is 1. The molecule has 0 aliphatic heterocycles. The summed E-state index contributed by atoms with van der Waals surface area (Å²) in [6.07, 6.45) is -8.55. The summed E-state index contributed by atoms with van der Waals surface area (Å²) in [5.74, 6) is 0. The van der Waals surface area contributed by atoms with Crippen molar-refractivity contribution in [1.82, 2.24) is 4.57 Å². The molecule has 0 saturated carbocycles. The topological polar surface area (TPSA) is 25.2 Å². The smallest absolute Gasteiger partial charge is 0.372 e. The Kier molecular flexibility index (Phi) is 3.28. The summed E-state index contributed by atoms with van der Waals surface area (Å²) in [6.45, 7) is 1.65. The van der Waals surface area contributed by atoms with Crippen LogP contribution in [0.2, 0.25) is 0 Å². The first-order valence-corrected chi connectivity index (χ1v) is 5.73. The van der Waals surface area contributed by atoms with Crippen LogP contribution >= 0.6 is 0 Å². The normalized spacial score (nSPS) is 15.8. The second-order valence-electron chi connectivity index (χ2n) is 4.69. The van der Waals surface area contributed by atoms with E-state index in [9.17, 15) is 27.1 Å². The van der Waals surface area contributed by atoms with Crippen molar-refractivity contribution in [1.29, 1.82) is 0 Å². The zero-order chi connectivity index (χ0) is 15.3. The van der Waals surface area contributed by atoms with Gasteiger partial charge in [0.2, 0.25) is 5.60 Å². The molecule has 0 aliphatic carbocycles. The van der Waals surface area contributed by atoms with Crippen LogP contribution in [-0.2, 0) is 12.6 Å². The van der Waals surface area contributed by atoms with Crippen molar-refractivity contribution < 1.29 is 27.1 Å². The van der Waals surface area contributed by atoms with Crippen LogP contribution in [0, 0.1) is 6.92 Å². The Bertz CT molecular complexity index is 646. The monoisotopic (exact) mass is 293 g/mol. The Morgan fingerprint density at radius 2 is 1.80 bits per heavy atom. The second-order valence-corrected chi connectivity index (χ2v) is 4.69. The Hall–Kier alpha value is -1.63. The van der Waals surface area contributed by atoms with Crippen molar-refractivity contribution in [3.8, 4) is 0 Å². The molecule has 2 aromatic rings. The number of aliphatic hydroxyl groups is 1. The number of aryl methyl sites for hydroxylation is 2. The zero-order valence-electron chi connectivity index (χ0n) is 10.7. The number of hydrogen-bond donors (Lipinski definition) is 1. The molecule has 1 unspecified atom stereocenters. The molecule has 0 aliphatic rings. The quantitative estimate of drug-likeness (QED) is 0.842. The van der Waals surface area contributed by atoms with Gasteiger partial charge in [-0.05, 0) is 12.5 Å². The molecule has 1 aromatic carbocycles. The first kappa shape index (κ1) is 14.8. The highest BCUT2D eigenvalue weighted by Gasteiger charge is 2.62. The molecule has 0 fully saturated rings. The van der Waals surface area contributed by atoms with E-state index in [1.165, 1.54) is 23.7 Å². The van der Waals surface area contributed by atoms with Gasteiger partial charge in [-0.15, -0.1) is 0 Å².